The monoisotopic (exact) mass is 397 g/mol. The van der Waals surface area contributed by atoms with Gasteiger partial charge in [0.2, 0.25) is 5.82 Å². The summed E-state index contributed by atoms with van der Waals surface area (Å²) in [6.45, 7) is 0.0793. The third-order valence-corrected chi connectivity index (χ3v) is 5.18. The van der Waals surface area contributed by atoms with E-state index in [1.165, 1.54) is 24.3 Å². The predicted octanol–water partition coefficient (Wildman–Crippen LogP) is 0.949. The van der Waals surface area contributed by atoms with Crippen LogP contribution in [-0.4, -0.2) is 47.6 Å². The third kappa shape index (κ3) is 3.84. The summed E-state index contributed by atoms with van der Waals surface area (Å²) < 4.78 is 31.0. The molecule has 0 aliphatic heterocycles. The molecule has 0 fully saturated rings. The first kappa shape index (κ1) is 19.1. The number of nitrogens with zero attached hydrogens (tertiary/aromatic N) is 4. The Morgan fingerprint density at radius 2 is 1.86 bits per heavy atom. The number of nitrogens with one attached hydrogen (secondary N) is 1. The summed E-state index contributed by atoms with van der Waals surface area (Å²) in [5.41, 5.74) is 0.863. The summed E-state index contributed by atoms with van der Waals surface area (Å²) in [6, 6.07) is 12.1. The molecule has 10 heteroatoms. The molecule has 0 bridgehead atoms. The Morgan fingerprint density at radius 3 is 2.46 bits per heavy atom. The minimum atomic E-state index is -4.06. The van der Waals surface area contributed by atoms with E-state index in [9.17, 15) is 13.2 Å². The van der Waals surface area contributed by atoms with Gasteiger partial charge in [0.15, 0.2) is 0 Å². The lowest BCUT2D eigenvalue weighted by molar-refractivity contribution is 0.0958. The number of tetrazole rings is 1. The standard InChI is InChI=1S/C18H15N5O4S/c1-3-12-19-18(24)14-6-10-16(11-7-14)28(25,26)23-21-17(20-22-23)13-4-8-15(27-2)9-5-13/h1,4-11H,12H2,2H3,(H,19,24). The number of carbonyl (C=O) groups excluding carboxylic acids is 1. The van der Waals surface area contributed by atoms with Gasteiger partial charge in [0.05, 0.1) is 18.6 Å². The largest absolute Gasteiger partial charge is 0.497 e. The Morgan fingerprint density at radius 1 is 1.18 bits per heavy atom. The van der Waals surface area contributed by atoms with E-state index in [0.717, 1.165) is 0 Å². The van der Waals surface area contributed by atoms with Crippen LogP contribution < -0.4 is 10.1 Å². The first-order chi connectivity index (χ1) is 13.5. The number of amides is 1. The van der Waals surface area contributed by atoms with E-state index in [1.807, 2.05) is 0 Å². The van der Waals surface area contributed by atoms with E-state index in [1.54, 1.807) is 31.4 Å². The number of hydrogen-bond donors (Lipinski definition) is 1. The summed E-state index contributed by atoms with van der Waals surface area (Å²) >= 11 is 0. The number of benzene rings is 2. The minimum absolute atomic E-state index is 0.0793. The number of methoxy groups -OCH3 is 1. The number of carbonyl (C=O) groups is 1. The van der Waals surface area contributed by atoms with Crippen molar-refractivity contribution in [2.24, 2.45) is 0 Å². The highest BCUT2D eigenvalue weighted by molar-refractivity contribution is 7.89. The number of rotatable bonds is 6. The SMILES string of the molecule is C#CCNC(=O)c1ccc(S(=O)(=O)n2nnc(-c3ccc(OC)cc3)n2)cc1. The molecule has 0 unspecified atom stereocenters. The van der Waals surface area contributed by atoms with Gasteiger partial charge >= 0.3 is 10.0 Å². The molecule has 2 aromatic carbocycles. The van der Waals surface area contributed by atoms with Gasteiger partial charge in [-0.3, -0.25) is 4.79 Å². The second-order valence-electron chi connectivity index (χ2n) is 5.48. The molecule has 9 nitrogen and oxygen atoms in total. The van der Waals surface area contributed by atoms with Crippen LogP contribution in [0.2, 0.25) is 0 Å². The molecule has 3 rings (SSSR count). The van der Waals surface area contributed by atoms with Crippen LogP contribution in [0.3, 0.4) is 0 Å². The highest BCUT2D eigenvalue weighted by Crippen LogP contribution is 2.19. The van der Waals surface area contributed by atoms with Crippen molar-refractivity contribution < 1.29 is 17.9 Å². The van der Waals surface area contributed by atoms with Gasteiger partial charge in [-0.2, -0.15) is 8.42 Å². The summed E-state index contributed by atoms with van der Waals surface area (Å²) in [6.07, 6.45) is 5.09. The van der Waals surface area contributed by atoms with Crippen LogP contribution in [0.15, 0.2) is 53.4 Å². The maximum Gasteiger partial charge on any atom is 0.300 e. The normalized spacial score (nSPS) is 10.9. The zero-order chi connectivity index (χ0) is 20.1. The second-order valence-corrected chi connectivity index (χ2v) is 7.23. The van der Waals surface area contributed by atoms with Gasteiger partial charge in [0.25, 0.3) is 5.91 Å². The Kier molecular flexibility index (Phi) is 5.37. The average Bonchev–Trinajstić information content (AvgIpc) is 3.23. The highest BCUT2D eigenvalue weighted by atomic mass is 32.2. The fourth-order valence-corrected chi connectivity index (χ4v) is 3.25. The van der Waals surface area contributed by atoms with Gasteiger partial charge < -0.3 is 10.1 Å². The van der Waals surface area contributed by atoms with E-state index in [0.29, 0.717) is 15.5 Å². The molecule has 0 saturated heterocycles. The fraction of sp³-hybridized carbons (Fsp3) is 0.111. The van der Waals surface area contributed by atoms with Crippen molar-refractivity contribution in [2.75, 3.05) is 13.7 Å². The number of terminal acetylenes is 1. The molecule has 1 aromatic heterocycles. The van der Waals surface area contributed by atoms with Gasteiger partial charge in [0.1, 0.15) is 5.75 Å². The van der Waals surface area contributed by atoms with E-state index >= 15 is 0 Å². The van der Waals surface area contributed by atoms with Gasteiger partial charge in [-0.1, -0.05) is 5.92 Å². The van der Waals surface area contributed by atoms with Crippen molar-refractivity contribution in [3.05, 3.63) is 54.1 Å². The Bertz CT molecular complexity index is 1130. The van der Waals surface area contributed by atoms with Crippen LogP contribution in [0.4, 0.5) is 0 Å². The molecular formula is C18H15N5O4S. The van der Waals surface area contributed by atoms with Crippen LogP contribution >= 0.6 is 0 Å². The van der Waals surface area contributed by atoms with Crippen LogP contribution in [-0.2, 0) is 10.0 Å². The van der Waals surface area contributed by atoms with Gasteiger partial charge in [-0.15, -0.1) is 16.6 Å². The summed E-state index contributed by atoms with van der Waals surface area (Å²) in [5.74, 6) is 2.68. The van der Waals surface area contributed by atoms with Gasteiger partial charge in [-0.05, 0) is 57.9 Å². The molecule has 1 amide bonds. The zero-order valence-corrected chi connectivity index (χ0v) is 15.5. The topological polar surface area (TPSA) is 116 Å². The van der Waals surface area contributed by atoms with Crippen molar-refractivity contribution in [1.82, 2.24) is 24.9 Å². The molecular weight excluding hydrogens is 382 g/mol. The van der Waals surface area contributed by atoms with Gasteiger partial charge in [0, 0.05) is 11.1 Å². The summed E-state index contributed by atoms with van der Waals surface area (Å²) in [4.78, 5) is 11.8. The smallest absolute Gasteiger partial charge is 0.300 e. The Balaban J connectivity index is 1.84. The highest BCUT2D eigenvalue weighted by Gasteiger charge is 2.21. The fourth-order valence-electron chi connectivity index (χ4n) is 2.26. The van der Waals surface area contributed by atoms with Crippen LogP contribution in [0.1, 0.15) is 10.4 Å². The number of hydrogen-bond acceptors (Lipinski definition) is 7. The average molecular weight is 397 g/mol. The van der Waals surface area contributed by atoms with Crippen molar-refractivity contribution in [3.63, 3.8) is 0 Å². The van der Waals surface area contributed by atoms with E-state index in [2.05, 4.69) is 26.6 Å². The van der Waals surface area contributed by atoms with E-state index in [-0.39, 0.29) is 22.8 Å². The van der Waals surface area contributed by atoms with E-state index < -0.39 is 15.9 Å². The summed E-state index contributed by atoms with van der Waals surface area (Å²) in [7, 11) is -2.51. The molecule has 1 N–H and O–H groups in total. The molecule has 0 radical (unpaired) electrons. The maximum atomic E-state index is 12.7. The quantitative estimate of drug-likeness (QED) is 0.616. The molecule has 3 aromatic rings. The van der Waals surface area contributed by atoms with E-state index in [4.69, 9.17) is 11.2 Å². The van der Waals surface area contributed by atoms with Crippen molar-refractivity contribution in [1.29, 1.82) is 0 Å². The van der Waals surface area contributed by atoms with Crippen LogP contribution in [0, 0.1) is 12.3 Å². The lowest BCUT2D eigenvalue weighted by atomic mass is 10.2. The molecule has 0 spiro atoms. The minimum Gasteiger partial charge on any atom is -0.497 e. The van der Waals surface area contributed by atoms with Crippen molar-refractivity contribution in [2.45, 2.75) is 4.90 Å². The van der Waals surface area contributed by atoms with Gasteiger partial charge in [-0.25, -0.2) is 0 Å². The third-order valence-electron chi connectivity index (χ3n) is 3.72. The molecule has 142 valence electrons. The lowest BCUT2D eigenvalue weighted by Crippen LogP contribution is -2.23. The first-order valence-corrected chi connectivity index (χ1v) is 9.41. The molecule has 0 aliphatic carbocycles. The summed E-state index contributed by atoms with van der Waals surface area (Å²) in [5, 5.41) is 13.9. The number of aromatic nitrogens is 4. The predicted molar refractivity (Wildman–Crippen MR) is 100.0 cm³/mol. The first-order valence-electron chi connectivity index (χ1n) is 7.97. The molecule has 0 saturated carbocycles. The maximum absolute atomic E-state index is 12.7. The zero-order valence-electron chi connectivity index (χ0n) is 14.7. The second kappa shape index (κ2) is 7.89. The Hall–Kier alpha value is -3.71. The number of ether oxygens (including phenoxy) is 1. The van der Waals surface area contributed by atoms with Crippen molar-refractivity contribution >= 4 is 15.9 Å². The van der Waals surface area contributed by atoms with Crippen molar-refractivity contribution in [3.8, 4) is 29.5 Å². The van der Waals surface area contributed by atoms with Crippen LogP contribution in [0.25, 0.3) is 11.4 Å². The lowest BCUT2D eigenvalue weighted by Gasteiger charge is -2.04. The Labute approximate surface area is 161 Å². The molecule has 0 atom stereocenters. The van der Waals surface area contributed by atoms with Crippen LogP contribution in [0.5, 0.6) is 5.75 Å². The molecule has 1 heterocycles. The molecule has 28 heavy (non-hydrogen) atoms. The molecule has 0 aliphatic rings.